The molecule has 108 valence electrons. The highest BCUT2D eigenvalue weighted by Gasteiger charge is 2.11. The van der Waals surface area contributed by atoms with E-state index in [0.29, 0.717) is 0 Å². The van der Waals surface area contributed by atoms with Crippen molar-refractivity contribution in [3.63, 3.8) is 0 Å². The number of imidazole rings is 1. The summed E-state index contributed by atoms with van der Waals surface area (Å²) in [7, 11) is 0. The third-order valence-electron chi connectivity index (χ3n) is 3.75. The molecule has 0 aliphatic rings. The average molecular weight is 373 g/mol. The van der Waals surface area contributed by atoms with Crippen LogP contribution < -0.4 is 0 Å². The second-order valence-electron chi connectivity index (χ2n) is 5.20. The second kappa shape index (κ2) is 5.07. The first-order valence-electron chi connectivity index (χ1n) is 6.81. The third-order valence-corrected chi connectivity index (χ3v) is 4.48. The number of fused-ring (bicyclic) bond motifs is 3. The molecule has 0 saturated heterocycles. The zero-order chi connectivity index (χ0) is 15.3. The molecule has 0 aliphatic carbocycles. The molecule has 5 heteroatoms. The van der Waals surface area contributed by atoms with E-state index in [2.05, 4.69) is 36.5 Å². The fourth-order valence-corrected chi connectivity index (χ4v) is 3.33. The Morgan fingerprint density at radius 3 is 2.73 bits per heavy atom. The van der Waals surface area contributed by atoms with Gasteiger partial charge in [0.15, 0.2) is 0 Å². The number of halogens is 2. The van der Waals surface area contributed by atoms with Crippen molar-refractivity contribution in [1.29, 1.82) is 0 Å². The quantitative estimate of drug-likeness (QED) is 0.454. The van der Waals surface area contributed by atoms with E-state index in [1.807, 2.05) is 49.8 Å². The SMILES string of the molecule is Cc1cc(Cl)ccc1-n1cnc2cnc3ccc(Br)cc3c21. The molecule has 22 heavy (non-hydrogen) atoms. The molecular formula is C17H11BrClN3. The third kappa shape index (κ3) is 2.11. The Morgan fingerprint density at radius 2 is 1.91 bits per heavy atom. The van der Waals surface area contributed by atoms with Crippen LogP contribution in [0, 0.1) is 6.92 Å². The van der Waals surface area contributed by atoms with Crippen molar-refractivity contribution in [1.82, 2.24) is 14.5 Å². The van der Waals surface area contributed by atoms with Crippen molar-refractivity contribution < 1.29 is 0 Å². The molecule has 0 radical (unpaired) electrons. The van der Waals surface area contributed by atoms with Crippen LogP contribution in [0.25, 0.3) is 27.6 Å². The lowest BCUT2D eigenvalue weighted by Gasteiger charge is -2.10. The summed E-state index contributed by atoms with van der Waals surface area (Å²) >= 11 is 9.61. The predicted molar refractivity (Wildman–Crippen MR) is 93.8 cm³/mol. The molecule has 2 aromatic heterocycles. The van der Waals surface area contributed by atoms with Gasteiger partial charge in [-0.25, -0.2) is 4.98 Å². The van der Waals surface area contributed by atoms with Crippen LogP contribution in [0.2, 0.25) is 5.02 Å². The molecule has 0 saturated carbocycles. The average Bonchev–Trinajstić information content (AvgIpc) is 2.91. The number of hydrogen-bond acceptors (Lipinski definition) is 2. The zero-order valence-corrected chi connectivity index (χ0v) is 14.1. The highest BCUT2D eigenvalue weighted by molar-refractivity contribution is 9.10. The van der Waals surface area contributed by atoms with Crippen LogP contribution in [0.3, 0.4) is 0 Å². The second-order valence-corrected chi connectivity index (χ2v) is 6.55. The van der Waals surface area contributed by atoms with Crippen LogP contribution >= 0.6 is 27.5 Å². The number of rotatable bonds is 1. The van der Waals surface area contributed by atoms with Gasteiger partial charge in [-0.2, -0.15) is 0 Å². The lowest BCUT2D eigenvalue weighted by atomic mass is 10.1. The van der Waals surface area contributed by atoms with Gasteiger partial charge in [0.25, 0.3) is 0 Å². The van der Waals surface area contributed by atoms with Crippen molar-refractivity contribution in [2.24, 2.45) is 0 Å². The molecular weight excluding hydrogens is 362 g/mol. The summed E-state index contributed by atoms with van der Waals surface area (Å²) in [5, 5.41) is 1.80. The van der Waals surface area contributed by atoms with E-state index in [0.717, 1.165) is 42.7 Å². The monoisotopic (exact) mass is 371 g/mol. The van der Waals surface area contributed by atoms with Gasteiger partial charge in [-0.3, -0.25) is 9.55 Å². The molecule has 0 N–H and O–H groups in total. The summed E-state index contributed by atoms with van der Waals surface area (Å²) in [5.74, 6) is 0. The van der Waals surface area contributed by atoms with Crippen LogP contribution in [-0.4, -0.2) is 14.5 Å². The van der Waals surface area contributed by atoms with Crippen LogP contribution in [0.5, 0.6) is 0 Å². The molecule has 2 heterocycles. The summed E-state index contributed by atoms with van der Waals surface area (Å²) in [6.45, 7) is 2.05. The van der Waals surface area contributed by atoms with E-state index in [1.54, 1.807) is 0 Å². The summed E-state index contributed by atoms with van der Waals surface area (Å²) in [6, 6.07) is 12.0. The van der Waals surface area contributed by atoms with E-state index < -0.39 is 0 Å². The number of aromatic nitrogens is 3. The van der Waals surface area contributed by atoms with Crippen molar-refractivity contribution in [2.75, 3.05) is 0 Å². The molecule has 0 unspecified atom stereocenters. The van der Waals surface area contributed by atoms with Gasteiger partial charge in [0.2, 0.25) is 0 Å². The Morgan fingerprint density at radius 1 is 1.05 bits per heavy atom. The molecule has 2 aromatic carbocycles. The maximum absolute atomic E-state index is 6.07. The van der Waals surface area contributed by atoms with Gasteiger partial charge in [-0.05, 0) is 48.9 Å². The van der Waals surface area contributed by atoms with Crippen LogP contribution in [-0.2, 0) is 0 Å². The molecule has 0 atom stereocenters. The van der Waals surface area contributed by atoms with Crippen molar-refractivity contribution in [3.05, 3.63) is 64.0 Å². The van der Waals surface area contributed by atoms with Gasteiger partial charge in [0.05, 0.1) is 22.9 Å². The molecule has 0 fully saturated rings. The smallest absolute Gasteiger partial charge is 0.108 e. The van der Waals surface area contributed by atoms with E-state index in [1.165, 1.54) is 0 Å². The summed E-state index contributed by atoms with van der Waals surface area (Å²) < 4.78 is 3.12. The minimum atomic E-state index is 0.736. The van der Waals surface area contributed by atoms with Gasteiger partial charge in [-0.1, -0.05) is 27.5 Å². The Labute approximate surface area is 140 Å². The zero-order valence-electron chi connectivity index (χ0n) is 11.7. The number of nitrogens with zero attached hydrogens (tertiary/aromatic N) is 3. The summed E-state index contributed by atoms with van der Waals surface area (Å²) in [4.78, 5) is 8.97. The maximum Gasteiger partial charge on any atom is 0.108 e. The van der Waals surface area contributed by atoms with E-state index >= 15 is 0 Å². The lowest BCUT2D eigenvalue weighted by molar-refractivity contribution is 1.08. The van der Waals surface area contributed by atoms with Gasteiger partial charge in [0.1, 0.15) is 11.8 Å². The van der Waals surface area contributed by atoms with Crippen molar-refractivity contribution in [3.8, 4) is 5.69 Å². The lowest BCUT2D eigenvalue weighted by Crippen LogP contribution is -1.96. The van der Waals surface area contributed by atoms with Gasteiger partial charge < -0.3 is 0 Å². The van der Waals surface area contributed by atoms with E-state index in [9.17, 15) is 0 Å². The fourth-order valence-electron chi connectivity index (χ4n) is 2.74. The first-order valence-corrected chi connectivity index (χ1v) is 7.98. The highest BCUT2D eigenvalue weighted by atomic mass is 79.9. The fraction of sp³-hybridized carbons (Fsp3) is 0.0588. The largest absolute Gasteiger partial charge is 0.298 e. The van der Waals surface area contributed by atoms with E-state index in [4.69, 9.17) is 11.6 Å². The summed E-state index contributed by atoms with van der Waals surface area (Å²) in [6.07, 6.45) is 3.65. The Hall–Kier alpha value is -1.91. The van der Waals surface area contributed by atoms with Crippen LogP contribution in [0.1, 0.15) is 5.56 Å². The standard InChI is InChI=1S/C17H11BrClN3/c1-10-6-12(19)3-5-16(10)22-9-21-15-8-20-14-4-2-11(18)7-13(14)17(15)22/h2-9H,1H3. The van der Waals surface area contributed by atoms with E-state index in [-0.39, 0.29) is 0 Å². The minimum absolute atomic E-state index is 0.736. The number of pyridine rings is 1. The summed E-state index contributed by atoms with van der Waals surface area (Å²) in [5.41, 5.74) is 5.05. The molecule has 4 aromatic rings. The number of aryl methyl sites for hydroxylation is 1. The van der Waals surface area contributed by atoms with Crippen molar-refractivity contribution >= 4 is 49.5 Å². The van der Waals surface area contributed by atoms with Gasteiger partial charge in [-0.15, -0.1) is 0 Å². The molecule has 0 bridgehead atoms. The predicted octanol–water partition coefficient (Wildman–Crippen LogP) is 5.30. The maximum atomic E-state index is 6.07. The normalized spacial score (nSPS) is 11.4. The Bertz CT molecular complexity index is 1020. The molecule has 4 rings (SSSR count). The molecule has 0 aliphatic heterocycles. The van der Waals surface area contributed by atoms with Crippen molar-refractivity contribution in [2.45, 2.75) is 6.92 Å². The molecule has 0 amide bonds. The first-order chi connectivity index (χ1) is 10.6. The Kier molecular flexibility index (Phi) is 3.17. The number of hydrogen-bond donors (Lipinski definition) is 0. The molecule has 3 nitrogen and oxygen atoms in total. The Balaban J connectivity index is 2.12. The minimum Gasteiger partial charge on any atom is -0.298 e. The van der Waals surface area contributed by atoms with Crippen LogP contribution in [0.15, 0.2) is 53.4 Å². The van der Waals surface area contributed by atoms with Gasteiger partial charge in [0, 0.05) is 14.9 Å². The first kappa shape index (κ1) is 13.7. The number of benzene rings is 2. The topological polar surface area (TPSA) is 30.7 Å². The highest BCUT2D eigenvalue weighted by Crippen LogP contribution is 2.29. The van der Waals surface area contributed by atoms with Crippen LogP contribution in [0.4, 0.5) is 0 Å². The van der Waals surface area contributed by atoms with Gasteiger partial charge >= 0.3 is 0 Å². The molecule has 0 spiro atoms.